The van der Waals surface area contributed by atoms with Crippen molar-refractivity contribution in [2.75, 3.05) is 18.4 Å². The summed E-state index contributed by atoms with van der Waals surface area (Å²) in [6.07, 6.45) is 2.10. The zero-order valence-corrected chi connectivity index (χ0v) is 15.6. The number of urea groups is 1. The third-order valence-corrected chi connectivity index (χ3v) is 4.13. The molecule has 1 aliphatic rings. The van der Waals surface area contributed by atoms with Crippen molar-refractivity contribution in [3.63, 3.8) is 0 Å². The molecule has 3 N–H and O–H groups in total. The van der Waals surface area contributed by atoms with Gasteiger partial charge in [0.1, 0.15) is 0 Å². The van der Waals surface area contributed by atoms with Crippen molar-refractivity contribution in [3.05, 3.63) is 29.3 Å². The second kappa shape index (κ2) is 9.16. The van der Waals surface area contributed by atoms with Crippen molar-refractivity contribution >= 4 is 29.5 Å². The van der Waals surface area contributed by atoms with E-state index in [0.717, 1.165) is 0 Å². The SMILES string of the molecule is CC(C)CN1C(=O)c2ccc(NC(=O)NCCCCCC(=O)O)cc2C1=O. The van der Waals surface area contributed by atoms with Gasteiger partial charge < -0.3 is 15.7 Å². The number of nitrogens with one attached hydrogen (secondary N) is 2. The Morgan fingerprint density at radius 2 is 1.78 bits per heavy atom. The maximum absolute atomic E-state index is 12.4. The van der Waals surface area contributed by atoms with Crippen LogP contribution in [0.2, 0.25) is 0 Å². The first kappa shape index (κ1) is 20.4. The van der Waals surface area contributed by atoms with Gasteiger partial charge in [0.05, 0.1) is 11.1 Å². The zero-order chi connectivity index (χ0) is 20.0. The summed E-state index contributed by atoms with van der Waals surface area (Å²) in [4.78, 5) is 48.3. The van der Waals surface area contributed by atoms with Crippen LogP contribution in [0.25, 0.3) is 0 Å². The Kier molecular flexibility index (Phi) is 6.92. The molecular formula is C19H25N3O5. The fraction of sp³-hybridized carbons (Fsp3) is 0.474. The summed E-state index contributed by atoms with van der Waals surface area (Å²) in [5, 5.41) is 13.9. The van der Waals surface area contributed by atoms with Crippen molar-refractivity contribution in [1.82, 2.24) is 10.2 Å². The van der Waals surface area contributed by atoms with E-state index in [-0.39, 0.29) is 24.2 Å². The summed E-state index contributed by atoms with van der Waals surface area (Å²) in [6.45, 7) is 4.65. The molecule has 0 unspecified atom stereocenters. The number of rotatable bonds is 9. The number of carbonyl (C=O) groups is 4. The maximum atomic E-state index is 12.4. The highest BCUT2D eigenvalue weighted by Gasteiger charge is 2.35. The topological polar surface area (TPSA) is 116 Å². The van der Waals surface area contributed by atoms with Gasteiger partial charge in [-0.1, -0.05) is 20.3 Å². The Labute approximate surface area is 157 Å². The van der Waals surface area contributed by atoms with Crippen LogP contribution in [-0.2, 0) is 4.79 Å². The quantitative estimate of drug-likeness (QED) is 0.453. The normalized spacial score (nSPS) is 13.1. The van der Waals surface area contributed by atoms with Crippen molar-refractivity contribution in [1.29, 1.82) is 0 Å². The fourth-order valence-electron chi connectivity index (χ4n) is 2.85. The molecule has 0 fully saturated rings. The molecule has 8 nitrogen and oxygen atoms in total. The molecule has 1 aromatic carbocycles. The van der Waals surface area contributed by atoms with Crippen LogP contribution in [-0.4, -0.2) is 46.9 Å². The second-order valence-electron chi connectivity index (χ2n) is 6.96. The lowest BCUT2D eigenvalue weighted by Gasteiger charge is -2.15. The number of carbonyl (C=O) groups excluding carboxylic acids is 3. The molecule has 1 heterocycles. The summed E-state index contributed by atoms with van der Waals surface area (Å²) in [6, 6.07) is 4.25. The number of carboxylic acid groups (broad SMARTS) is 1. The predicted molar refractivity (Wildman–Crippen MR) is 99.8 cm³/mol. The molecular weight excluding hydrogens is 350 g/mol. The summed E-state index contributed by atoms with van der Waals surface area (Å²) < 4.78 is 0. The fourth-order valence-corrected chi connectivity index (χ4v) is 2.85. The molecule has 0 aliphatic carbocycles. The summed E-state index contributed by atoms with van der Waals surface area (Å²) >= 11 is 0. The second-order valence-corrected chi connectivity index (χ2v) is 6.96. The van der Waals surface area contributed by atoms with E-state index in [1.165, 1.54) is 11.0 Å². The number of nitrogens with zero attached hydrogens (tertiary/aromatic N) is 1. The van der Waals surface area contributed by atoms with Gasteiger partial charge in [-0.2, -0.15) is 0 Å². The average molecular weight is 375 g/mol. The molecule has 0 atom stereocenters. The number of unbranched alkanes of at least 4 members (excludes halogenated alkanes) is 2. The van der Waals surface area contributed by atoms with Gasteiger partial charge in [-0.05, 0) is 37.0 Å². The third kappa shape index (κ3) is 5.54. The number of carboxylic acids is 1. The van der Waals surface area contributed by atoms with Crippen molar-refractivity contribution in [2.45, 2.75) is 39.5 Å². The zero-order valence-electron chi connectivity index (χ0n) is 15.6. The van der Waals surface area contributed by atoms with Crippen molar-refractivity contribution in [2.24, 2.45) is 5.92 Å². The molecule has 0 saturated heterocycles. The van der Waals surface area contributed by atoms with E-state index < -0.39 is 12.0 Å². The number of hydrogen-bond acceptors (Lipinski definition) is 4. The van der Waals surface area contributed by atoms with E-state index in [2.05, 4.69) is 10.6 Å². The van der Waals surface area contributed by atoms with Crippen LogP contribution < -0.4 is 10.6 Å². The van der Waals surface area contributed by atoms with E-state index in [9.17, 15) is 19.2 Å². The number of imide groups is 1. The lowest BCUT2D eigenvalue weighted by Crippen LogP contribution is -2.33. The van der Waals surface area contributed by atoms with E-state index in [0.29, 0.717) is 49.2 Å². The Hall–Kier alpha value is -2.90. The number of amides is 4. The minimum Gasteiger partial charge on any atom is -0.481 e. The van der Waals surface area contributed by atoms with E-state index >= 15 is 0 Å². The van der Waals surface area contributed by atoms with Crippen LogP contribution in [0.4, 0.5) is 10.5 Å². The van der Waals surface area contributed by atoms with E-state index in [1.807, 2.05) is 13.8 Å². The summed E-state index contributed by atoms with van der Waals surface area (Å²) in [7, 11) is 0. The molecule has 2 rings (SSSR count). The minimum absolute atomic E-state index is 0.127. The molecule has 1 aliphatic heterocycles. The predicted octanol–water partition coefficient (Wildman–Crippen LogP) is 2.71. The third-order valence-electron chi connectivity index (χ3n) is 4.13. The van der Waals surface area contributed by atoms with Gasteiger partial charge in [-0.3, -0.25) is 19.3 Å². The van der Waals surface area contributed by atoms with Crippen LogP contribution >= 0.6 is 0 Å². The molecule has 8 heteroatoms. The smallest absolute Gasteiger partial charge is 0.319 e. The Morgan fingerprint density at radius 1 is 1.07 bits per heavy atom. The van der Waals surface area contributed by atoms with Gasteiger partial charge >= 0.3 is 12.0 Å². The van der Waals surface area contributed by atoms with Crippen LogP contribution in [0.5, 0.6) is 0 Å². The highest BCUT2D eigenvalue weighted by molar-refractivity contribution is 6.21. The molecule has 0 aromatic heterocycles. The van der Waals surface area contributed by atoms with Crippen molar-refractivity contribution < 1.29 is 24.3 Å². The molecule has 0 bridgehead atoms. The average Bonchev–Trinajstić information content (AvgIpc) is 2.82. The number of benzene rings is 1. The molecule has 27 heavy (non-hydrogen) atoms. The van der Waals surface area contributed by atoms with Gasteiger partial charge in [0.2, 0.25) is 0 Å². The van der Waals surface area contributed by atoms with Crippen LogP contribution in [0.1, 0.15) is 60.2 Å². The van der Waals surface area contributed by atoms with Crippen LogP contribution in [0, 0.1) is 5.92 Å². The van der Waals surface area contributed by atoms with Gasteiger partial charge in [-0.15, -0.1) is 0 Å². The Morgan fingerprint density at radius 3 is 2.44 bits per heavy atom. The number of anilines is 1. The minimum atomic E-state index is -0.822. The first-order valence-electron chi connectivity index (χ1n) is 9.06. The van der Waals surface area contributed by atoms with Gasteiger partial charge in [0, 0.05) is 25.2 Å². The standard InChI is InChI=1S/C19H25N3O5/c1-12(2)11-22-17(25)14-8-7-13(10-15(14)18(22)26)21-19(27)20-9-5-3-4-6-16(23)24/h7-8,10,12H,3-6,9,11H2,1-2H3,(H,23,24)(H2,20,21,27). The first-order chi connectivity index (χ1) is 12.8. The molecule has 1 aromatic rings. The van der Waals surface area contributed by atoms with Crippen LogP contribution in [0.15, 0.2) is 18.2 Å². The monoisotopic (exact) mass is 375 g/mol. The summed E-state index contributed by atoms with van der Waals surface area (Å²) in [5.74, 6) is -1.30. The number of fused-ring (bicyclic) bond motifs is 1. The number of aliphatic carboxylic acids is 1. The van der Waals surface area contributed by atoms with Gasteiger partial charge in [-0.25, -0.2) is 4.79 Å². The Balaban J connectivity index is 1.86. The lowest BCUT2D eigenvalue weighted by atomic mass is 10.1. The van der Waals surface area contributed by atoms with Crippen LogP contribution in [0.3, 0.4) is 0 Å². The molecule has 0 saturated carbocycles. The number of hydrogen-bond donors (Lipinski definition) is 3. The molecule has 0 radical (unpaired) electrons. The molecule has 0 spiro atoms. The summed E-state index contributed by atoms with van der Waals surface area (Å²) in [5.41, 5.74) is 1.09. The highest BCUT2D eigenvalue weighted by atomic mass is 16.4. The molecule has 146 valence electrons. The first-order valence-corrected chi connectivity index (χ1v) is 9.06. The van der Waals surface area contributed by atoms with Gasteiger partial charge in [0.25, 0.3) is 11.8 Å². The van der Waals surface area contributed by atoms with Gasteiger partial charge in [0.15, 0.2) is 0 Å². The Bertz CT molecular complexity index is 745. The van der Waals surface area contributed by atoms with E-state index in [4.69, 9.17) is 5.11 Å². The lowest BCUT2D eigenvalue weighted by molar-refractivity contribution is -0.137. The largest absolute Gasteiger partial charge is 0.481 e. The maximum Gasteiger partial charge on any atom is 0.319 e. The van der Waals surface area contributed by atoms with E-state index in [1.54, 1.807) is 12.1 Å². The molecule has 4 amide bonds. The highest BCUT2D eigenvalue weighted by Crippen LogP contribution is 2.26. The van der Waals surface area contributed by atoms with Crippen molar-refractivity contribution in [3.8, 4) is 0 Å².